The molecule has 1 rings (SSSR count). The first-order valence-corrected chi connectivity index (χ1v) is 6.90. The average Bonchev–Trinajstić information content (AvgIpc) is 2.63. The molecule has 1 heterocycles. The summed E-state index contributed by atoms with van der Waals surface area (Å²) in [6, 6.07) is 3.75. The summed E-state index contributed by atoms with van der Waals surface area (Å²) >= 11 is 4.77. The van der Waals surface area contributed by atoms with E-state index in [4.69, 9.17) is 5.73 Å². The monoisotopic (exact) mass is 304 g/mol. The molecule has 0 aliphatic rings. The average molecular weight is 305 g/mol. The molecule has 1 atom stereocenters. The smallest absolute Gasteiger partial charge is 0.261 e. The van der Waals surface area contributed by atoms with Crippen molar-refractivity contribution in [2.45, 2.75) is 26.3 Å². The van der Waals surface area contributed by atoms with E-state index in [0.717, 1.165) is 10.2 Å². The lowest BCUT2D eigenvalue weighted by Crippen LogP contribution is -2.40. The minimum atomic E-state index is -0.0354. The lowest BCUT2D eigenvalue weighted by molar-refractivity contribution is 0.0938. The van der Waals surface area contributed by atoms with Crippen LogP contribution in [-0.4, -0.2) is 18.5 Å². The van der Waals surface area contributed by atoms with Crippen LogP contribution in [0.4, 0.5) is 0 Å². The molecule has 0 aliphatic heterocycles. The maximum atomic E-state index is 11.8. The molecule has 5 heteroatoms. The highest BCUT2D eigenvalue weighted by Crippen LogP contribution is 2.22. The normalized spacial score (nSPS) is 12.8. The van der Waals surface area contributed by atoms with Crippen molar-refractivity contribution in [2.24, 2.45) is 11.7 Å². The molecule has 90 valence electrons. The van der Waals surface area contributed by atoms with Crippen molar-refractivity contribution in [1.82, 2.24) is 5.32 Å². The molecule has 0 aromatic carbocycles. The summed E-state index contributed by atoms with van der Waals surface area (Å²) in [6.45, 7) is 4.73. The van der Waals surface area contributed by atoms with Gasteiger partial charge in [-0.3, -0.25) is 4.79 Å². The van der Waals surface area contributed by atoms with E-state index in [1.165, 1.54) is 11.3 Å². The van der Waals surface area contributed by atoms with E-state index in [1.54, 1.807) is 0 Å². The molecule has 1 unspecified atom stereocenters. The number of rotatable bonds is 5. The fourth-order valence-electron chi connectivity index (χ4n) is 1.48. The van der Waals surface area contributed by atoms with Crippen LogP contribution in [-0.2, 0) is 0 Å². The Morgan fingerprint density at radius 3 is 2.69 bits per heavy atom. The highest BCUT2D eigenvalue weighted by Gasteiger charge is 2.14. The molecular weight excluding hydrogens is 288 g/mol. The molecule has 3 N–H and O–H groups in total. The molecule has 1 amide bonds. The predicted octanol–water partition coefficient (Wildman–Crippen LogP) is 2.61. The van der Waals surface area contributed by atoms with Crippen LogP contribution in [0.25, 0.3) is 0 Å². The quantitative estimate of drug-likeness (QED) is 0.878. The number of carbonyl (C=O) groups is 1. The van der Waals surface area contributed by atoms with Gasteiger partial charge in [0.2, 0.25) is 0 Å². The van der Waals surface area contributed by atoms with Crippen LogP contribution in [0.2, 0.25) is 0 Å². The van der Waals surface area contributed by atoms with Crippen molar-refractivity contribution >= 4 is 33.2 Å². The number of amides is 1. The maximum Gasteiger partial charge on any atom is 0.261 e. The fraction of sp³-hybridized carbons (Fsp3) is 0.545. The zero-order valence-electron chi connectivity index (χ0n) is 9.50. The third-order valence-corrected chi connectivity index (χ3v) is 3.80. The summed E-state index contributed by atoms with van der Waals surface area (Å²) in [5.41, 5.74) is 5.63. The van der Waals surface area contributed by atoms with E-state index < -0.39 is 0 Å². The number of halogens is 1. The third-order valence-electron chi connectivity index (χ3n) is 2.17. The largest absolute Gasteiger partial charge is 0.347 e. The van der Waals surface area contributed by atoms with Crippen molar-refractivity contribution in [3.05, 3.63) is 20.8 Å². The van der Waals surface area contributed by atoms with Crippen LogP contribution in [0.5, 0.6) is 0 Å². The van der Waals surface area contributed by atoms with Crippen molar-refractivity contribution < 1.29 is 4.79 Å². The molecule has 0 saturated carbocycles. The van der Waals surface area contributed by atoms with Gasteiger partial charge in [-0.2, -0.15) is 0 Å². The summed E-state index contributed by atoms with van der Waals surface area (Å²) in [6.07, 6.45) is 0.911. The van der Waals surface area contributed by atoms with Gasteiger partial charge in [-0.05, 0) is 40.4 Å². The highest BCUT2D eigenvalue weighted by molar-refractivity contribution is 9.11. The first-order valence-electron chi connectivity index (χ1n) is 5.29. The van der Waals surface area contributed by atoms with Gasteiger partial charge in [0, 0.05) is 12.6 Å². The summed E-state index contributed by atoms with van der Waals surface area (Å²) in [5.74, 6) is 0.496. The minimum absolute atomic E-state index is 0.0354. The summed E-state index contributed by atoms with van der Waals surface area (Å²) in [4.78, 5) is 12.5. The van der Waals surface area contributed by atoms with Crippen molar-refractivity contribution in [3.8, 4) is 0 Å². The molecule has 1 aromatic heterocycles. The number of nitrogens with one attached hydrogen (secondary N) is 1. The highest BCUT2D eigenvalue weighted by atomic mass is 79.9. The van der Waals surface area contributed by atoms with Crippen molar-refractivity contribution in [2.75, 3.05) is 6.54 Å². The molecule has 0 aliphatic carbocycles. The number of hydrogen-bond acceptors (Lipinski definition) is 3. The second kappa shape index (κ2) is 6.37. The zero-order chi connectivity index (χ0) is 12.1. The number of carbonyl (C=O) groups excluding carboxylic acids is 1. The van der Waals surface area contributed by atoms with E-state index >= 15 is 0 Å². The molecule has 3 nitrogen and oxygen atoms in total. The Morgan fingerprint density at radius 2 is 2.25 bits per heavy atom. The van der Waals surface area contributed by atoms with Gasteiger partial charge in [0.25, 0.3) is 5.91 Å². The van der Waals surface area contributed by atoms with Gasteiger partial charge in [-0.25, -0.2) is 0 Å². The second-order valence-electron chi connectivity index (χ2n) is 4.14. The number of nitrogens with two attached hydrogens (primary N) is 1. The Balaban J connectivity index is 2.55. The van der Waals surface area contributed by atoms with E-state index in [9.17, 15) is 4.79 Å². The topological polar surface area (TPSA) is 55.1 Å². The number of hydrogen-bond donors (Lipinski definition) is 2. The van der Waals surface area contributed by atoms with Gasteiger partial charge in [0.15, 0.2) is 0 Å². The molecule has 0 bridgehead atoms. The van der Waals surface area contributed by atoms with Crippen LogP contribution in [0.3, 0.4) is 0 Å². The number of thiophene rings is 1. The predicted molar refractivity (Wildman–Crippen MR) is 71.8 cm³/mol. The SMILES string of the molecule is CC(C)CC(CN)NC(=O)c1ccc(Br)s1. The molecule has 0 fully saturated rings. The Kier molecular flexibility index (Phi) is 5.44. The van der Waals surface area contributed by atoms with Crippen molar-refractivity contribution in [3.63, 3.8) is 0 Å². The standard InChI is InChI=1S/C11H17BrN2OS/c1-7(2)5-8(6-13)14-11(15)9-3-4-10(12)16-9/h3-4,7-8H,5-6,13H2,1-2H3,(H,14,15). The van der Waals surface area contributed by atoms with Crippen LogP contribution >= 0.6 is 27.3 Å². The molecule has 1 aromatic rings. The Hall–Kier alpha value is -0.390. The fourth-order valence-corrected chi connectivity index (χ4v) is 2.77. The lowest BCUT2D eigenvalue weighted by atomic mass is 10.0. The Morgan fingerprint density at radius 1 is 1.56 bits per heavy atom. The molecule has 16 heavy (non-hydrogen) atoms. The Labute approximate surface area is 109 Å². The van der Waals surface area contributed by atoms with E-state index in [0.29, 0.717) is 17.3 Å². The van der Waals surface area contributed by atoms with Crippen LogP contribution in [0.1, 0.15) is 29.9 Å². The molecule has 0 saturated heterocycles. The van der Waals surface area contributed by atoms with Crippen LogP contribution in [0.15, 0.2) is 15.9 Å². The van der Waals surface area contributed by atoms with E-state index in [-0.39, 0.29) is 11.9 Å². The molecular formula is C11H17BrN2OS. The van der Waals surface area contributed by atoms with Gasteiger partial charge < -0.3 is 11.1 Å². The van der Waals surface area contributed by atoms with Gasteiger partial charge in [0.05, 0.1) is 8.66 Å². The zero-order valence-corrected chi connectivity index (χ0v) is 11.9. The van der Waals surface area contributed by atoms with E-state index in [1.807, 2.05) is 12.1 Å². The van der Waals surface area contributed by atoms with E-state index in [2.05, 4.69) is 35.1 Å². The maximum absolute atomic E-state index is 11.8. The van der Waals surface area contributed by atoms with Gasteiger partial charge in [-0.15, -0.1) is 11.3 Å². The summed E-state index contributed by atoms with van der Waals surface area (Å²) in [5, 5.41) is 2.95. The summed E-state index contributed by atoms with van der Waals surface area (Å²) in [7, 11) is 0. The van der Waals surface area contributed by atoms with Gasteiger partial charge in [0.1, 0.15) is 0 Å². The van der Waals surface area contributed by atoms with Gasteiger partial charge in [-0.1, -0.05) is 13.8 Å². The molecule has 0 radical (unpaired) electrons. The summed E-state index contributed by atoms with van der Waals surface area (Å²) < 4.78 is 0.964. The first-order chi connectivity index (χ1) is 7.52. The Bertz CT molecular complexity index is 352. The third kappa shape index (κ3) is 4.23. The minimum Gasteiger partial charge on any atom is -0.347 e. The molecule has 0 spiro atoms. The van der Waals surface area contributed by atoms with Crippen LogP contribution < -0.4 is 11.1 Å². The van der Waals surface area contributed by atoms with Gasteiger partial charge >= 0.3 is 0 Å². The van der Waals surface area contributed by atoms with Crippen LogP contribution in [0, 0.1) is 5.92 Å². The lowest BCUT2D eigenvalue weighted by Gasteiger charge is -2.18. The first kappa shape index (κ1) is 13.7. The second-order valence-corrected chi connectivity index (χ2v) is 6.60. The van der Waals surface area contributed by atoms with Crippen molar-refractivity contribution in [1.29, 1.82) is 0 Å².